The van der Waals surface area contributed by atoms with Crippen molar-refractivity contribution in [3.63, 3.8) is 0 Å². The maximum absolute atomic E-state index is 14.0. The summed E-state index contributed by atoms with van der Waals surface area (Å²) < 4.78 is 46.1. The molecule has 0 radical (unpaired) electrons. The highest BCUT2D eigenvalue weighted by atomic mass is 32.2. The number of benzene rings is 2. The largest absolute Gasteiger partial charge is 0.443 e. The van der Waals surface area contributed by atoms with Crippen LogP contribution in [0.3, 0.4) is 0 Å². The van der Waals surface area contributed by atoms with Crippen LogP contribution in [0.2, 0.25) is 0 Å². The van der Waals surface area contributed by atoms with Crippen LogP contribution in [-0.2, 0) is 14.6 Å². The number of carbonyl (C=O) groups is 1. The van der Waals surface area contributed by atoms with Gasteiger partial charge in [-0.1, -0.05) is 12.1 Å². The predicted octanol–water partition coefficient (Wildman–Crippen LogP) is 6.35. The molecule has 0 saturated carbocycles. The first kappa shape index (κ1) is 25.6. The number of carbonyl (C=O) groups excluding carboxylic acids is 1. The fourth-order valence-electron chi connectivity index (χ4n) is 4.20. The Kier molecular flexibility index (Phi) is 6.10. The first-order valence-electron chi connectivity index (χ1n) is 12.1. The number of halogens is 1. The van der Waals surface area contributed by atoms with Crippen LogP contribution in [-0.4, -0.2) is 44.9 Å². The van der Waals surface area contributed by atoms with Crippen LogP contribution in [0.5, 0.6) is 0 Å². The molecule has 0 atom stereocenters. The number of H-pyrrole nitrogens is 1. The molecule has 0 aliphatic heterocycles. The molecule has 0 saturated heterocycles. The normalized spacial score (nSPS) is 12.5. The van der Waals surface area contributed by atoms with E-state index in [2.05, 4.69) is 9.97 Å². The van der Waals surface area contributed by atoms with Crippen molar-refractivity contribution in [2.75, 3.05) is 0 Å². The molecule has 5 aromatic rings. The summed E-state index contributed by atoms with van der Waals surface area (Å²) in [5.41, 5.74) is 3.00. The van der Waals surface area contributed by atoms with Gasteiger partial charge >= 0.3 is 6.09 Å². The van der Waals surface area contributed by atoms with Crippen LogP contribution in [0.25, 0.3) is 44.6 Å². The van der Waals surface area contributed by atoms with E-state index in [0.29, 0.717) is 44.6 Å². The molecule has 2 aromatic carbocycles. The van der Waals surface area contributed by atoms with Crippen LogP contribution in [0.15, 0.2) is 65.8 Å². The van der Waals surface area contributed by atoms with Gasteiger partial charge < -0.3 is 9.72 Å². The highest BCUT2D eigenvalue weighted by Crippen LogP contribution is 2.34. The van der Waals surface area contributed by atoms with Crippen molar-refractivity contribution in [1.29, 1.82) is 0 Å². The predicted molar refractivity (Wildman–Crippen MR) is 144 cm³/mol. The van der Waals surface area contributed by atoms with Crippen LogP contribution in [0.1, 0.15) is 34.6 Å². The fourth-order valence-corrected chi connectivity index (χ4v) is 5.26. The molecule has 0 amide bonds. The molecule has 0 unspecified atom stereocenters. The molecule has 3 aromatic heterocycles. The monoisotopic (exact) mass is 534 g/mol. The minimum atomic E-state index is -3.40. The Morgan fingerprint density at radius 2 is 1.79 bits per heavy atom. The number of hydrogen-bond donors (Lipinski definition) is 1. The summed E-state index contributed by atoms with van der Waals surface area (Å²) in [5, 5.41) is 0.00313. The molecular weight excluding hydrogens is 507 g/mol. The van der Waals surface area contributed by atoms with Crippen LogP contribution in [0.4, 0.5) is 9.18 Å². The van der Waals surface area contributed by atoms with Crippen molar-refractivity contribution < 1.29 is 22.3 Å². The highest BCUT2D eigenvalue weighted by molar-refractivity contribution is 7.92. The van der Waals surface area contributed by atoms with Gasteiger partial charge in [0.1, 0.15) is 16.9 Å². The van der Waals surface area contributed by atoms with E-state index in [1.54, 1.807) is 77.3 Å². The van der Waals surface area contributed by atoms with Crippen molar-refractivity contribution in [3.05, 3.63) is 66.7 Å². The van der Waals surface area contributed by atoms with Gasteiger partial charge in [-0.3, -0.25) is 0 Å². The van der Waals surface area contributed by atoms with E-state index in [0.717, 1.165) is 0 Å². The number of sulfone groups is 1. The summed E-state index contributed by atoms with van der Waals surface area (Å²) in [7, 11) is -3.40. The zero-order valence-electron chi connectivity index (χ0n) is 21.6. The van der Waals surface area contributed by atoms with Gasteiger partial charge in [0.2, 0.25) is 0 Å². The Hall–Kier alpha value is -4.05. The van der Waals surface area contributed by atoms with Gasteiger partial charge in [0.25, 0.3) is 0 Å². The number of nitrogens with one attached hydrogen (secondary N) is 1. The number of rotatable bonds is 4. The van der Waals surface area contributed by atoms with Crippen molar-refractivity contribution in [2.24, 2.45) is 0 Å². The smallest absolute Gasteiger partial charge is 0.419 e. The lowest BCUT2D eigenvalue weighted by molar-refractivity contribution is 0.0547. The topological polar surface area (TPSA) is 107 Å². The molecule has 0 spiro atoms. The van der Waals surface area contributed by atoms with E-state index in [-0.39, 0.29) is 4.90 Å². The SMILES string of the molecule is CC(C)S(=O)(=O)c1ccc(-c2cnc3[nH]cc(-c4cc5cc(F)ccc5n4C(=O)OC(C)(C)C)c3n2)cc1. The Morgan fingerprint density at radius 1 is 1.08 bits per heavy atom. The molecule has 0 bridgehead atoms. The third-order valence-corrected chi connectivity index (χ3v) is 8.27. The van der Waals surface area contributed by atoms with E-state index in [1.807, 2.05) is 0 Å². The van der Waals surface area contributed by atoms with Crippen LogP contribution < -0.4 is 0 Å². The highest BCUT2D eigenvalue weighted by Gasteiger charge is 2.25. The standard InChI is InChI=1S/C28H27FN4O4S/c1-16(2)38(35,36)20-9-6-17(7-10-20)22-15-31-26-25(32-22)21(14-30-26)24-13-18-12-19(29)8-11-23(18)33(24)27(34)37-28(3,4)5/h6-16H,1-5H3,(H,30,31). The zero-order valence-corrected chi connectivity index (χ0v) is 22.4. The Balaban J connectivity index is 1.64. The van der Waals surface area contributed by atoms with E-state index in [1.165, 1.54) is 22.8 Å². The minimum Gasteiger partial charge on any atom is -0.443 e. The second kappa shape index (κ2) is 9.05. The number of hydrogen-bond acceptors (Lipinski definition) is 6. The number of ether oxygens (including phenoxy) is 1. The van der Waals surface area contributed by atoms with Gasteiger partial charge in [-0.05, 0) is 71.0 Å². The van der Waals surface area contributed by atoms with Gasteiger partial charge in [-0.2, -0.15) is 0 Å². The molecular formula is C28H27FN4O4S. The number of nitrogens with zero attached hydrogens (tertiary/aromatic N) is 3. The average molecular weight is 535 g/mol. The molecule has 0 fully saturated rings. The first-order chi connectivity index (χ1) is 17.8. The van der Waals surface area contributed by atoms with Crippen molar-refractivity contribution in [3.8, 4) is 22.5 Å². The van der Waals surface area contributed by atoms with Crippen molar-refractivity contribution in [2.45, 2.75) is 50.4 Å². The lowest BCUT2D eigenvalue weighted by Crippen LogP contribution is -2.27. The third-order valence-electron chi connectivity index (χ3n) is 6.10. The number of aromatic nitrogens is 4. The van der Waals surface area contributed by atoms with E-state index in [9.17, 15) is 17.6 Å². The summed E-state index contributed by atoms with van der Waals surface area (Å²) in [4.78, 5) is 25.9. The first-order valence-corrected chi connectivity index (χ1v) is 13.6. The molecule has 196 valence electrons. The lowest BCUT2D eigenvalue weighted by atomic mass is 10.1. The summed E-state index contributed by atoms with van der Waals surface area (Å²) in [6.07, 6.45) is 2.68. The van der Waals surface area contributed by atoms with E-state index >= 15 is 0 Å². The Labute approximate surface area is 219 Å². The van der Waals surface area contributed by atoms with E-state index < -0.39 is 32.6 Å². The van der Waals surface area contributed by atoms with Crippen molar-refractivity contribution in [1.82, 2.24) is 19.5 Å². The van der Waals surface area contributed by atoms with Gasteiger partial charge in [0.15, 0.2) is 15.5 Å². The second-order valence-corrected chi connectivity index (χ2v) is 12.8. The summed E-state index contributed by atoms with van der Waals surface area (Å²) in [6.45, 7) is 8.60. The summed E-state index contributed by atoms with van der Waals surface area (Å²) >= 11 is 0. The zero-order chi connectivity index (χ0) is 27.4. The van der Waals surface area contributed by atoms with Gasteiger partial charge in [-0.25, -0.2) is 32.1 Å². The van der Waals surface area contributed by atoms with Gasteiger partial charge in [-0.15, -0.1) is 0 Å². The van der Waals surface area contributed by atoms with Gasteiger partial charge in [0, 0.05) is 22.7 Å². The molecule has 5 rings (SSSR count). The molecule has 8 nitrogen and oxygen atoms in total. The number of fused-ring (bicyclic) bond motifs is 2. The van der Waals surface area contributed by atoms with Crippen LogP contribution >= 0.6 is 0 Å². The summed E-state index contributed by atoms with van der Waals surface area (Å²) in [5.74, 6) is -0.422. The maximum atomic E-state index is 14.0. The Morgan fingerprint density at radius 3 is 2.45 bits per heavy atom. The third kappa shape index (κ3) is 4.56. The van der Waals surface area contributed by atoms with Gasteiger partial charge in [0.05, 0.1) is 33.2 Å². The Bertz CT molecular complexity index is 1800. The van der Waals surface area contributed by atoms with Crippen molar-refractivity contribution >= 4 is 38.0 Å². The molecule has 38 heavy (non-hydrogen) atoms. The minimum absolute atomic E-state index is 0.238. The average Bonchev–Trinajstić information content (AvgIpc) is 3.43. The summed E-state index contributed by atoms with van der Waals surface area (Å²) in [6, 6.07) is 12.4. The molecule has 10 heteroatoms. The quantitative estimate of drug-likeness (QED) is 0.288. The number of aromatic amines is 1. The molecule has 1 N–H and O–H groups in total. The maximum Gasteiger partial charge on any atom is 0.419 e. The molecule has 3 heterocycles. The lowest BCUT2D eigenvalue weighted by Gasteiger charge is -2.21. The van der Waals surface area contributed by atoms with E-state index in [4.69, 9.17) is 9.72 Å². The molecule has 0 aliphatic rings. The fraction of sp³-hybridized carbons (Fsp3) is 0.250. The molecule has 0 aliphatic carbocycles. The second-order valence-electron chi connectivity index (χ2n) is 10.3. The van der Waals surface area contributed by atoms with Crippen LogP contribution in [0, 0.1) is 5.82 Å².